The number of rotatable bonds is 0. The monoisotopic (exact) mass is 484 g/mol. The second kappa shape index (κ2) is 10.8. The first kappa shape index (κ1) is 26.4. The van der Waals surface area contributed by atoms with Crippen LogP contribution >= 0.6 is 0 Å². The summed E-state index contributed by atoms with van der Waals surface area (Å²) in [5, 5.41) is 10.7. The lowest BCUT2D eigenvalue weighted by atomic mass is 9.81. The quantitative estimate of drug-likeness (QED) is 0.148. The van der Waals surface area contributed by atoms with Crippen LogP contribution in [0.5, 0.6) is 0 Å². The zero-order valence-corrected chi connectivity index (χ0v) is 23.7. The van der Waals surface area contributed by atoms with Crippen molar-refractivity contribution in [1.82, 2.24) is 0 Å². The molecule has 7 rings (SSSR count). The Labute approximate surface area is 223 Å². The van der Waals surface area contributed by atoms with E-state index in [1.54, 1.807) is 0 Å². The summed E-state index contributed by atoms with van der Waals surface area (Å²) in [4.78, 5) is 0. The lowest BCUT2D eigenvalue weighted by Crippen LogP contribution is -2.14. The number of hydrogen-bond acceptors (Lipinski definition) is 0. The van der Waals surface area contributed by atoms with Crippen molar-refractivity contribution in [3.63, 3.8) is 0 Å². The van der Waals surface area contributed by atoms with Gasteiger partial charge in [-0.1, -0.05) is 140 Å². The van der Waals surface area contributed by atoms with Crippen LogP contribution in [0, 0.1) is 0 Å². The maximum Gasteiger partial charge on any atom is 0.0159 e. The van der Waals surface area contributed by atoms with E-state index in [1.807, 2.05) is 41.5 Å². The average molecular weight is 485 g/mol. The molecule has 0 radical (unpaired) electrons. The Balaban J connectivity index is 0.000000500. The van der Waals surface area contributed by atoms with Crippen LogP contribution in [0.3, 0.4) is 0 Å². The molecule has 0 aliphatic heterocycles. The molecule has 0 saturated heterocycles. The molecule has 0 heterocycles. The highest BCUT2D eigenvalue weighted by Crippen LogP contribution is 2.54. The van der Waals surface area contributed by atoms with E-state index in [9.17, 15) is 0 Å². The summed E-state index contributed by atoms with van der Waals surface area (Å²) in [6, 6.07) is 36.1. The van der Waals surface area contributed by atoms with Crippen LogP contribution in [0.15, 0.2) is 97.1 Å². The van der Waals surface area contributed by atoms with Crippen molar-refractivity contribution in [2.75, 3.05) is 0 Å². The van der Waals surface area contributed by atoms with Crippen LogP contribution in [0.1, 0.15) is 66.5 Å². The second-order valence-electron chi connectivity index (χ2n) is 9.41. The van der Waals surface area contributed by atoms with E-state index in [4.69, 9.17) is 0 Å². The van der Waals surface area contributed by atoms with Crippen LogP contribution in [0.2, 0.25) is 0 Å². The van der Waals surface area contributed by atoms with Crippen molar-refractivity contribution in [2.24, 2.45) is 0 Å². The smallest absolute Gasteiger partial charge is 0.0159 e. The SMILES string of the molecule is CC.CC.CC.CC1(C)c2ccc3cc4ccccc4cc3c2-c2c1ccc1ccc3ccccc3c21. The molecule has 0 aromatic heterocycles. The van der Waals surface area contributed by atoms with Gasteiger partial charge in [-0.05, 0) is 77.5 Å². The first-order valence-electron chi connectivity index (χ1n) is 14.0. The molecule has 0 saturated carbocycles. The molecule has 6 aromatic carbocycles. The molecule has 0 bridgehead atoms. The molecule has 0 fully saturated rings. The summed E-state index contributed by atoms with van der Waals surface area (Å²) in [7, 11) is 0. The summed E-state index contributed by atoms with van der Waals surface area (Å²) in [5.41, 5.74) is 5.70. The Morgan fingerprint density at radius 2 is 0.892 bits per heavy atom. The average Bonchev–Trinajstić information content (AvgIpc) is 3.21. The van der Waals surface area contributed by atoms with Gasteiger partial charge in [0.25, 0.3) is 0 Å². The van der Waals surface area contributed by atoms with Crippen LogP contribution < -0.4 is 0 Å². The van der Waals surface area contributed by atoms with Gasteiger partial charge in [-0.2, -0.15) is 0 Å². The molecule has 0 unspecified atom stereocenters. The molecule has 0 spiro atoms. The predicted molar refractivity (Wildman–Crippen MR) is 168 cm³/mol. The largest absolute Gasteiger partial charge is 0.0683 e. The molecule has 0 amide bonds. The minimum atomic E-state index is -0.0182. The first-order chi connectivity index (χ1) is 18.1. The zero-order chi connectivity index (χ0) is 26.7. The Hall–Kier alpha value is -3.64. The van der Waals surface area contributed by atoms with Gasteiger partial charge in [0, 0.05) is 5.41 Å². The highest BCUT2D eigenvalue weighted by Gasteiger charge is 2.37. The van der Waals surface area contributed by atoms with Crippen molar-refractivity contribution < 1.29 is 0 Å². The van der Waals surface area contributed by atoms with Gasteiger partial charge >= 0.3 is 0 Å². The Morgan fingerprint density at radius 3 is 1.57 bits per heavy atom. The van der Waals surface area contributed by atoms with Crippen LogP contribution in [0.4, 0.5) is 0 Å². The third kappa shape index (κ3) is 4.09. The number of fused-ring (bicyclic) bond motifs is 10. The minimum Gasteiger partial charge on any atom is -0.0683 e. The van der Waals surface area contributed by atoms with Crippen LogP contribution in [-0.2, 0) is 5.41 Å². The number of hydrogen-bond donors (Lipinski definition) is 0. The van der Waals surface area contributed by atoms with Crippen molar-refractivity contribution in [2.45, 2.75) is 60.8 Å². The summed E-state index contributed by atoms with van der Waals surface area (Å²) >= 11 is 0. The molecule has 188 valence electrons. The molecular weight excluding hydrogens is 444 g/mol. The fraction of sp³-hybridized carbons (Fsp3) is 0.243. The van der Waals surface area contributed by atoms with Gasteiger partial charge in [0.1, 0.15) is 0 Å². The molecule has 0 N–H and O–H groups in total. The van der Waals surface area contributed by atoms with Gasteiger partial charge in [-0.25, -0.2) is 0 Å². The molecular formula is C37H40. The van der Waals surface area contributed by atoms with Crippen molar-refractivity contribution in [3.8, 4) is 11.1 Å². The minimum absolute atomic E-state index is 0.0182. The summed E-state index contributed by atoms with van der Waals surface area (Å²) in [6.07, 6.45) is 0. The Kier molecular flexibility index (Phi) is 7.69. The van der Waals surface area contributed by atoms with Gasteiger partial charge < -0.3 is 0 Å². The van der Waals surface area contributed by atoms with Gasteiger partial charge in [-0.3, -0.25) is 0 Å². The van der Waals surface area contributed by atoms with Gasteiger partial charge in [0.05, 0.1) is 0 Å². The second-order valence-corrected chi connectivity index (χ2v) is 9.41. The van der Waals surface area contributed by atoms with Crippen LogP contribution in [0.25, 0.3) is 54.2 Å². The zero-order valence-electron chi connectivity index (χ0n) is 23.7. The first-order valence-corrected chi connectivity index (χ1v) is 14.0. The van der Waals surface area contributed by atoms with Gasteiger partial charge in [0.2, 0.25) is 0 Å². The Bertz CT molecular complexity index is 1700. The summed E-state index contributed by atoms with van der Waals surface area (Å²) in [6.45, 7) is 16.8. The summed E-state index contributed by atoms with van der Waals surface area (Å²) in [5.74, 6) is 0. The topological polar surface area (TPSA) is 0 Å². The fourth-order valence-electron chi connectivity index (χ4n) is 5.83. The van der Waals surface area contributed by atoms with Gasteiger partial charge in [0.15, 0.2) is 0 Å². The van der Waals surface area contributed by atoms with E-state index in [2.05, 4.69) is 111 Å². The molecule has 1 aliphatic rings. The molecule has 0 heteroatoms. The molecule has 37 heavy (non-hydrogen) atoms. The lowest BCUT2D eigenvalue weighted by molar-refractivity contribution is 0.661. The lowest BCUT2D eigenvalue weighted by Gasteiger charge is -2.22. The molecule has 0 nitrogen and oxygen atoms in total. The van der Waals surface area contributed by atoms with E-state index in [1.165, 1.54) is 65.3 Å². The predicted octanol–water partition coefficient (Wildman–Crippen LogP) is 11.7. The van der Waals surface area contributed by atoms with Crippen molar-refractivity contribution in [1.29, 1.82) is 0 Å². The summed E-state index contributed by atoms with van der Waals surface area (Å²) < 4.78 is 0. The maximum absolute atomic E-state index is 2.40. The van der Waals surface area contributed by atoms with Crippen molar-refractivity contribution >= 4 is 43.1 Å². The highest BCUT2D eigenvalue weighted by atomic mass is 14.4. The maximum atomic E-state index is 2.40. The van der Waals surface area contributed by atoms with E-state index in [-0.39, 0.29) is 5.41 Å². The van der Waals surface area contributed by atoms with E-state index in [0.29, 0.717) is 0 Å². The molecule has 1 aliphatic carbocycles. The molecule has 0 atom stereocenters. The number of benzene rings is 6. The fourth-order valence-corrected chi connectivity index (χ4v) is 5.83. The van der Waals surface area contributed by atoms with E-state index in [0.717, 1.165) is 0 Å². The third-order valence-corrected chi connectivity index (χ3v) is 7.39. The standard InChI is InChI=1S/C31H22.3C2H6/c1-31(2)26-16-14-23-17-21-8-3-4-9-22(21)18-25(23)29(26)30-27(31)15-13-20-12-11-19-7-5-6-10-24(19)28(20)30;3*1-2/h3-18H,1-2H3;3*1-2H3. The van der Waals surface area contributed by atoms with E-state index >= 15 is 0 Å². The highest BCUT2D eigenvalue weighted by molar-refractivity contribution is 6.20. The third-order valence-electron chi connectivity index (χ3n) is 7.39. The van der Waals surface area contributed by atoms with Crippen molar-refractivity contribution in [3.05, 3.63) is 108 Å². The normalized spacial score (nSPS) is 12.5. The Morgan fingerprint density at radius 1 is 0.405 bits per heavy atom. The van der Waals surface area contributed by atoms with Gasteiger partial charge in [-0.15, -0.1) is 0 Å². The van der Waals surface area contributed by atoms with E-state index < -0.39 is 0 Å². The van der Waals surface area contributed by atoms with Crippen LogP contribution in [-0.4, -0.2) is 0 Å². The molecule has 6 aromatic rings.